The van der Waals surface area contributed by atoms with Gasteiger partial charge in [0.05, 0.1) is 17.0 Å². The number of hydrogen-bond donors (Lipinski definition) is 0. The van der Waals surface area contributed by atoms with Crippen LogP contribution in [0.2, 0.25) is 0 Å². The van der Waals surface area contributed by atoms with Crippen molar-refractivity contribution in [3.8, 4) is 5.75 Å². The van der Waals surface area contributed by atoms with Crippen LogP contribution in [-0.4, -0.2) is 22.4 Å². The van der Waals surface area contributed by atoms with E-state index in [9.17, 15) is 9.18 Å². The maximum absolute atomic E-state index is 13.2. The molecular weight excluding hydrogens is 345 g/mol. The molecule has 2 aromatic heterocycles. The number of amides is 1. The standard InChI is InChI=1S/C21H18FN3O2/c1-14-5-8-20(23-12-14)25-10-9-19-18(21(25)26)7-6-16(24-19)13-27-17-4-2-3-15(22)11-17/h2-8,11-12H,9-10,13H2,1H3. The van der Waals surface area contributed by atoms with Gasteiger partial charge in [0.15, 0.2) is 0 Å². The van der Waals surface area contributed by atoms with Crippen LogP contribution in [0.25, 0.3) is 0 Å². The largest absolute Gasteiger partial charge is 0.487 e. The highest BCUT2D eigenvalue weighted by atomic mass is 19.1. The Hall–Kier alpha value is -3.28. The van der Waals surface area contributed by atoms with Crippen molar-refractivity contribution in [1.29, 1.82) is 0 Å². The molecule has 0 spiro atoms. The molecule has 3 aromatic rings. The number of ether oxygens (including phenoxy) is 1. The molecule has 0 unspecified atom stereocenters. The van der Waals surface area contributed by atoms with Gasteiger partial charge in [-0.15, -0.1) is 0 Å². The third kappa shape index (κ3) is 3.65. The second-order valence-electron chi connectivity index (χ2n) is 6.44. The molecule has 0 bridgehead atoms. The molecule has 1 aliphatic heterocycles. The zero-order valence-corrected chi connectivity index (χ0v) is 14.9. The van der Waals surface area contributed by atoms with Crippen molar-refractivity contribution in [2.24, 2.45) is 0 Å². The van der Waals surface area contributed by atoms with E-state index < -0.39 is 0 Å². The predicted octanol–water partition coefficient (Wildman–Crippen LogP) is 3.71. The monoisotopic (exact) mass is 363 g/mol. The van der Waals surface area contributed by atoms with E-state index in [1.54, 1.807) is 35.4 Å². The number of benzene rings is 1. The highest BCUT2D eigenvalue weighted by Crippen LogP contribution is 2.23. The lowest BCUT2D eigenvalue weighted by Crippen LogP contribution is -2.38. The van der Waals surface area contributed by atoms with Gasteiger partial charge < -0.3 is 4.74 Å². The van der Waals surface area contributed by atoms with Gasteiger partial charge in [0.25, 0.3) is 5.91 Å². The third-order valence-electron chi connectivity index (χ3n) is 4.43. The summed E-state index contributed by atoms with van der Waals surface area (Å²) in [6, 6.07) is 13.3. The number of pyridine rings is 2. The zero-order chi connectivity index (χ0) is 18.8. The van der Waals surface area contributed by atoms with Gasteiger partial charge in [-0.05, 0) is 42.8 Å². The highest BCUT2D eigenvalue weighted by molar-refractivity contribution is 6.07. The van der Waals surface area contributed by atoms with Crippen LogP contribution >= 0.6 is 0 Å². The molecule has 1 aliphatic rings. The van der Waals surface area contributed by atoms with Crippen LogP contribution in [0.5, 0.6) is 5.75 Å². The smallest absolute Gasteiger partial charge is 0.261 e. The topological polar surface area (TPSA) is 55.3 Å². The third-order valence-corrected chi connectivity index (χ3v) is 4.43. The summed E-state index contributed by atoms with van der Waals surface area (Å²) in [4.78, 5) is 23.4. The quantitative estimate of drug-likeness (QED) is 0.709. The molecule has 1 aromatic carbocycles. The van der Waals surface area contributed by atoms with Crippen molar-refractivity contribution >= 4 is 11.7 Å². The van der Waals surface area contributed by atoms with E-state index in [4.69, 9.17) is 4.74 Å². The molecule has 27 heavy (non-hydrogen) atoms. The first-order chi connectivity index (χ1) is 13.1. The van der Waals surface area contributed by atoms with Crippen LogP contribution in [0.15, 0.2) is 54.7 Å². The zero-order valence-electron chi connectivity index (χ0n) is 14.9. The van der Waals surface area contributed by atoms with Gasteiger partial charge in [-0.2, -0.15) is 0 Å². The number of nitrogens with zero attached hydrogens (tertiary/aromatic N) is 3. The Balaban J connectivity index is 1.50. The number of carbonyl (C=O) groups is 1. The van der Waals surface area contributed by atoms with E-state index in [-0.39, 0.29) is 18.3 Å². The van der Waals surface area contributed by atoms with E-state index in [1.165, 1.54) is 12.1 Å². The molecule has 5 nitrogen and oxygen atoms in total. The minimum atomic E-state index is -0.346. The minimum absolute atomic E-state index is 0.0994. The van der Waals surface area contributed by atoms with Gasteiger partial charge in [-0.25, -0.2) is 9.37 Å². The SMILES string of the molecule is Cc1ccc(N2CCc3nc(COc4cccc(F)c4)ccc3C2=O)nc1. The van der Waals surface area contributed by atoms with Gasteiger partial charge in [0, 0.05) is 25.2 Å². The average molecular weight is 363 g/mol. The van der Waals surface area contributed by atoms with Crippen molar-refractivity contribution in [2.45, 2.75) is 20.0 Å². The molecular formula is C21H18FN3O2. The van der Waals surface area contributed by atoms with E-state index in [0.717, 1.165) is 11.3 Å². The molecule has 136 valence electrons. The molecule has 0 saturated heterocycles. The van der Waals surface area contributed by atoms with Gasteiger partial charge in [-0.1, -0.05) is 12.1 Å². The summed E-state index contributed by atoms with van der Waals surface area (Å²) in [5.74, 6) is 0.649. The Labute approximate surface area is 156 Å². The second kappa shape index (κ2) is 7.15. The first-order valence-corrected chi connectivity index (χ1v) is 8.72. The van der Waals surface area contributed by atoms with Crippen LogP contribution in [0.4, 0.5) is 10.2 Å². The first-order valence-electron chi connectivity index (χ1n) is 8.72. The lowest BCUT2D eigenvalue weighted by atomic mass is 10.0. The molecule has 0 aliphatic carbocycles. The molecule has 0 saturated carbocycles. The van der Waals surface area contributed by atoms with Crippen molar-refractivity contribution in [3.05, 3.63) is 83.1 Å². The molecule has 4 rings (SSSR count). The Kier molecular flexibility index (Phi) is 4.54. The van der Waals surface area contributed by atoms with Gasteiger partial charge >= 0.3 is 0 Å². The van der Waals surface area contributed by atoms with Gasteiger partial charge in [0.1, 0.15) is 24.0 Å². The number of carbonyl (C=O) groups excluding carboxylic acids is 1. The van der Waals surface area contributed by atoms with Crippen LogP contribution < -0.4 is 9.64 Å². The number of aryl methyl sites for hydroxylation is 1. The van der Waals surface area contributed by atoms with Gasteiger partial charge in [-0.3, -0.25) is 14.7 Å². The van der Waals surface area contributed by atoms with E-state index in [2.05, 4.69) is 9.97 Å². The maximum Gasteiger partial charge on any atom is 0.261 e. The second-order valence-corrected chi connectivity index (χ2v) is 6.44. The fourth-order valence-corrected chi connectivity index (χ4v) is 3.03. The Bertz CT molecular complexity index is 989. The number of rotatable bonds is 4. The number of anilines is 1. The van der Waals surface area contributed by atoms with Crippen molar-refractivity contribution in [3.63, 3.8) is 0 Å². The van der Waals surface area contributed by atoms with Gasteiger partial charge in [0.2, 0.25) is 0 Å². The Morgan fingerprint density at radius 1 is 1.19 bits per heavy atom. The van der Waals surface area contributed by atoms with Crippen LogP contribution in [0, 0.1) is 12.7 Å². The summed E-state index contributed by atoms with van der Waals surface area (Å²) < 4.78 is 18.8. The summed E-state index contributed by atoms with van der Waals surface area (Å²) >= 11 is 0. The number of fused-ring (bicyclic) bond motifs is 1. The van der Waals surface area contributed by atoms with E-state index in [0.29, 0.717) is 35.8 Å². The maximum atomic E-state index is 13.2. The van der Waals surface area contributed by atoms with Crippen LogP contribution in [0.1, 0.15) is 27.3 Å². The summed E-state index contributed by atoms with van der Waals surface area (Å²) in [5.41, 5.74) is 3.09. The molecule has 6 heteroatoms. The molecule has 0 N–H and O–H groups in total. The molecule has 3 heterocycles. The summed E-state index contributed by atoms with van der Waals surface area (Å²) in [5, 5.41) is 0. The summed E-state index contributed by atoms with van der Waals surface area (Å²) in [6.07, 6.45) is 2.40. The minimum Gasteiger partial charge on any atom is -0.487 e. The average Bonchev–Trinajstić information content (AvgIpc) is 2.68. The van der Waals surface area contributed by atoms with Crippen molar-refractivity contribution in [1.82, 2.24) is 9.97 Å². The molecule has 0 radical (unpaired) electrons. The van der Waals surface area contributed by atoms with E-state index in [1.807, 2.05) is 19.1 Å². The molecule has 1 amide bonds. The van der Waals surface area contributed by atoms with Crippen LogP contribution in [-0.2, 0) is 13.0 Å². The lowest BCUT2D eigenvalue weighted by Gasteiger charge is -2.27. The lowest BCUT2D eigenvalue weighted by molar-refractivity contribution is 0.0979. The highest BCUT2D eigenvalue weighted by Gasteiger charge is 2.27. The number of halogens is 1. The van der Waals surface area contributed by atoms with E-state index >= 15 is 0 Å². The predicted molar refractivity (Wildman–Crippen MR) is 99.3 cm³/mol. The first kappa shape index (κ1) is 17.1. The van der Waals surface area contributed by atoms with Crippen LogP contribution in [0.3, 0.4) is 0 Å². The Morgan fingerprint density at radius 3 is 2.85 bits per heavy atom. The summed E-state index contributed by atoms with van der Waals surface area (Å²) in [6.45, 7) is 2.71. The Morgan fingerprint density at radius 2 is 2.07 bits per heavy atom. The number of hydrogen-bond acceptors (Lipinski definition) is 4. The summed E-state index contributed by atoms with van der Waals surface area (Å²) in [7, 11) is 0. The molecule has 0 atom stereocenters. The normalized spacial score (nSPS) is 13.4. The van der Waals surface area contributed by atoms with Crippen molar-refractivity contribution < 1.29 is 13.9 Å². The number of aromatic nitrogens is 2. The fourth-order valence-electron chi connectivity index (χ4n) is 3.03. The molecule has 0 fully saturated rings. The fraction of sp³-hybridized carbons (Fsp3) is 0.190. The van der Waals surface area contributed by atoms with Crippen molar-refractivity contribution in [2.75, 3.05) is 11.4 Å².